The van der Waals surface area contributed by atoms with E-state index in [1.165, 1.54) is 7.11 Å². The van der Waals surface area contributed by atoms with E-state index >= 15 is 0 Å². The molecule has 5 nitrogen and oxygen atoms in total. The molecule has 0 spiro atoms. The number of esters is 1. The van der Waals surface area contributed by atoms with Gasteiger partial charge in [-0.05, 0) is 31.2 Å². The molecule has 0 aliphatic carbocycles. The predicted molar refractivity (Wildman–Crippen MR) is 105 cm³/mol. The molecule has 0 radical (unpaired) electrons. The van der Waals surface area contributed by atoms with Crippen LogP contribution in [0.15, 0.2) is 72.9 Å². The maximum Gasteiger partial charge on any atom is 0.356 e. The van der Waals surface area contributed by atoms with Gasteiger partial charge in [0, 0.05) is 22.5 Å². The van der Waals surface area contributed by atoms with E-state index < -0.39 is 5.97 Å². The fraction of sp³-hybridized carbons (Fsp3) is 0.0909. The van der Waals surface area contributed by atoms with Crippen LogP contribution < -0.4 is 0 Å². The van der Waals surface area contributed by atoms with Crippen LogP contribution in [0.4, 0.5) is 0 Å². The number of hydrogen-bond donors (Lipinski definition) is 0. The summed E-state index contributed by atoms with van der Waals surface area (Å²) in [6.45, 7) is 1.57. The van der Waals surface area contributed by atoms with Crippen LogP contribution in [0, 0.1) is 0 Å². The van der Waals surface area contributed by atoms with E-state index in [-0.39, 0.29) is 5.78 Å². The maximum absolute atomic E-state index is 11.2. The topological polar surface area (TPSA) is 69.2 Å². The highest BCUT2D eigenvalue weighted by Crippen LogP contribution is 2.16. The number of carbonyl (C=O) groups excluding carboxylic acids is 2. The van der Waals surface area contributed by atoms with E-state index in [1.807, 2.05) is 54.6 Å². The fourth-order valence-corrected chi connectivity index (χ4v) is 2.69. The Morgan fingerprint density at radius 3 is 2.30 bits per heavy atom. The molecule has 4 aromatic rings. The summed E-state index contributed by atoms with van der Waals surface area (Å²) in [7, 11) is 1.35. The van der Waals surface area contributed by atoms with Gasteiger partial charge in [0.15, 0.2) is 5.78 Å². The third kappa shape index (κ3) is 4.15. The van der Waals surface area contributed by atoms with Crippen LogP contribution in [0.2, 0.25) is 0 Å². The number of carbonyl (C=O) groups is 2. The molecule has 27 heavy (non-hydrogen) atoms. The number of fused-ring (bicyclic) bond motifs is 2. The lowest BCUT2D eigenvalue weighted by Gasteiger charge is -2.00. The van der Waals surface area contributed by atoms with Crippen LogP contribution in [-0.4, -0.2) is 28.8 Å². The van der Waals surface area contributed by atoms with Crippen molar-refractivity contribution in [2.24, 2.45) is 0 Å². The molecule has 0 bridgehead atoms. The van der Waals surface area contributed by atoms with E-state index in [9.17, 15) is 9.59 Å². The number of Topliss-reactive ketones (excluding diaryl/α,β-unsaturated/α-hetero) is 1. The van der Waals surface area contributed by atoms with Crippen molar-refractivity contribution in [2.45, 2.75) is 6.92 Å². The number of nitrogens with zero attached hydrogens (tertiary/aromatic N) is 2. The van der Waals surface area contributed by atoms with Crippen LogP contribution in [0.1, 0.15) is 27.8 Å². The third-order valence-corrected chi connectivity index (χ3v) is 4.02. The molecule has 0 unspecified atom stereocenters. The molecule has 0 N–H and O–H groups in total. The fourth-order valence-electron chi connectivity index (χ4n) is 2.69. The van der Waals surface area contributed by atoms with Gasteiger partial charge in [-0.15, -0.1) is 0 Å². The van der Waals surface area contributed by atoms with Gasteiger partial charge in [-0.1, -0.05) is 42.5 Å². The van der Waals surface area contributed by atoms with Crippen LogP contribution in [0.25, 0.3) is 21.8 Å². The zero-order valence-electron chi connectivity index (χ0n) is 15.0. The van der Waals surface area contributed by atoms with Crippen molar-refractivity contribution < 1.29 is 14.3 Å². The van der Waals surface area contributed by atoms with Crippen molar-refractivity contribution in [3.05, 3.63) is 84.2 Å². The molecule has 4 rings (SSSR count). The van der Waals surface area contributed by atoms with Crippen molar-refractivity contribution in [2.75, 3.05) is 7.11 Å². The summed E-state index contributed by atoms with van der Waals surface area (Å²) >= 11 is 0. The minimum absolute atomic E-state index is 0.0820. The van der Waals surface area contributed by atoms with Gasteiger partial charge >= 0.3 is 5.97 Å². The van der Waals surface area contributed by atoms with E-state index in [0.29, 0.717) is 5.69 Å². The number of aromatic nitrogens is 2. The molecule has 2 heterocycles. The van der Waals surface area contributed by atoms with Gasteiger partial charge in [0.1, 0.15) is 5.69 Å². The minimum Gasteiger partial charge on any atom is -0.464 e. The monoisotopic (exact) mass is 358 g/mol. The first-order chi connectivity index (χ1) is 13.1. The largest absolute Gasteiger partial charge is 0.464 e. The van der Waals surface area contributed by atoms with E-state index in [0.717, 1.165) is 27.4 Å². The van der Waals surface area contributed by atoms with Crippen LogP contribution in [-0.2, 0) is 4.74 Å². The Morgan fingerprint density at radius 1 is 0.852 bits per heavy atom. The van der Waals surface area contributed by atoms with Crippen molar-refractivity contribution in [3.63, 3.8) is 0 Å². The quantitative estimate of drug-likeness (QED) is 0.391. The predicted octanol–water partition coefficient (Wildman–Crippen LogP) is 4.46. The average molecular weight is 358 g/mol. The molecule has 134 valence electrons. The minimum atomic E-state index is -0.407. The van der Waals surface area contributed by atoms with Gasteiger partial charge < -0.3 is 4.74 Å². The number of benzene rings is 2. The summed E-state index contributed by atoms with van der Waals surface area (Å²) in [5.74, 6) is -0.325. The second kappa shape index (κ2) is 8.19. The maximum atomic E-state index is 11.2. The first kappa shape index (κ1) is 18.2. The summed E-state index contributed by atoms with van der Waals surface area (Å²) in [4.78, 5) is 30.7. The van der Waals surface area contributed by atoms with Crippen LogP contribution in [0.3, 0.4) is 0 Å². The standard InChI is InChI=1S/C11H9NO2.C11H9NO/c1-14-11(13)10-7-6-8-4-2-3-5-9(8)12-10;1-8(13)9-6-7-12-11-5-3-2-4-10(9)11/h2-7H,1H3;2-7H,1H3. The number of methoxy groups -OCH3 is 1. The Morgan fingerprint density at radius 2 is 1.56 bits per heavy atom. The summed E-state index contributed by atoms with van der Waals surface area (Å²) in [6, 6.07) is 20.5. The molecule has 0 saturated carbocycles. The molecule has 5 heteroatoms. The summed E-state index contributed by atoms with van der Waals surface area (Å²) in [6.07, 6.45) is 1.67. The van der Waals surface area contributed by atoms with Crippen LogP contribution >= 0.6 is 0 Å². The number of rotatable bonds is 2. The molecule has 0 aliphatic heterocycles. The molecule has 0 atom stereocenters. The van der Waals surface area contributed by atoms with Gasteiger partial charge in [0.05, 0.1) is 18.1 Å². The van der Waals surface area contributed by atoms with E-state index in [4.69, 9.17) is 0 Å². The molecule has 0 aliphatic rings. The first-order valence-electron chi connectivity index (χ1n) is 8.39. The zero-order chi connectivity index (χ0) is 19.2. The van der Waals surface area contributed by atoms with Gasteiger partial charge in [-0.3, -0.25) is 9.78 Å². The molecule has 0 saturated heterocycles. The zero-order valence-corrected chi connectivity index (χ0v) is 15.0. The lowest BCUT2D eigenvalue weighted by Crippen LogP contribution is -2.03. The molecule has 0 fully saturated rings. The van der Waals surface area contributed by atoms with Gasteiger partial charge in [-0.25, -0.2) is 9.78 Å². The molecule has 2 aromatic carbocycles. The van der Waals surface area contributed by atoms with E-state index in [1.54, 1.807) is 25.3 Å². The van der Waals surface area contributed by atoms with Crippen molar-refractivity contribution >= 4 is 33.6 Å². The Kier molecular flexibility index (Phi) is 5.52. The third-order valence-electron chi connectivity index (χ3n) is 4.02. The van der Waals surface area contributed by atoms with Crippen molar-refractivity contribution in [1.82, 2.24) is 9.97 Å². The average Bonchev–Trinajstić information content (AvgIpc) is 2.72. The summed E-state index contributed by atoms with van der Waals surface area (Å²) < 4.78 is 4.58. The number of ether oxygens (including phenoxy) is 1. The Balaban J connectivity index is 0.000000156. The highest BCUT2D eigenvalue weighted by molar-refractivity contribution is 6.05. The Hall–Kier alpha value is -3.60. The van der Waals surface area contributed by atoms with Crippen LogP contribution in [0.5, 0.6) is 0 Å². The van der Waals surface area contributed by atoms with Crippen molar-refractivity contribution in [1.29, 1.82) is 0 Å². The highest BCUT2D eigenvalue weighted by atomic mass is 16.5. The molecular weight excluding hydrogens is 340 g/mol. The molecular formula is C22H18N2O3. The second-order valence-electron chi connectivity index (χ2n) is 5.81. The smallest absolute Gasteiger partial charge is 0.356 e. The number of hydrogen-bond acceptors (Lipinski definition) is 5. The highest BCUT2D eigenvalue weighted by Gasteiger charge is 2.06. The number of para-hydroxylation sites is 2. The SMILES string of the molecule is CC(=O)c1ccnc2ccccc12.COC(=O)c1ccc2ccccc2n1. The van der Waals surface area contributed by atoms with Gasteiger partial charge in [0.2, 0.25) is 0 Å². The Bertz CT molecular complexity index is 1120. The lowest BCUT2D eigenvalue weighted by molar-refractivity contribution is 0.0594. The van der Waals surface area contributed by atoms with Gasteiger partial charge in [-0.2, -0.15) is 0 Å². The summed E-state index contributed by atoms with van der Waals surface area (Å²) in [5, 5.41) is 1.94. The number of pyridine rings is 2. The molecule has 2 aromatic heterocycles. The Labute approximate surface area is 156 Å². The normalized spacial score (nSPS) is 10.1. The first-order valence-corrected chi connectivity index (χ1v) is 8.39. The number of ketones is 1. The second-order valence-corrected chi connectivity index (χ2v) is 5.81. The molecule has 0 amide bonds. The van der Waals surface area contributed by atoms with Crippen molar-refractivity contribution in [3.8, 4) is 0 Å². The summed E-state index contributed by atoms with van der Waals surface area (Å²) in [5.41, 5.74) is 2.75. The lowest BCUT2D eigenvalue weighted by atomic mass is 10.1. The van der Waals surface area contributed by atoms with Gasteiger partial charge in [0.25, 0.3) is 0 Å². The van der Waals surface area contributed by atoms with E-state index in [2.05, 4.69) is 14.7 Å².